The molecule has 0 aromatic carbocycles. The first-order valence-corrected chi connectivity index (χ1v) is 4.93. The third-order valence-corrected chi connectivity index (χ3v) is 2.32. The number of carbonyl (C=O) groups is 1. The van der Waals surface area contributed by atoms with Crippen LogP contribution in [0.4, 0.5) is 0 Å². The molecule has 0 aliphatic carbocycles. The topological polar surface area (TPSA) is 26.3 Å². The van der Waals surface area contributed by atoms with Crippen LogP contribution >= 0.6 is 0 Å². The Balaban J connectivity index is 3.93. The van der Waals surface area contributed by atoms with E-state index in [9.17, 15) is 4.79 Å². The van der Waals surface area contributed by atoms with Crippen LogP contribution in [0.3, 0.4) is 0 Å². The first kappa shape index (κ1) is 12.5. The fraction of sp³-hybridized carbons (Fsp3) is 0.909. The standard InChI is InChI=1S/C11H22O2/c1-8(2)13-10(12)7-9(3)11(4,5)6/h8-9H,7H2,1-6H3. The van der Waals surface area contributed by atoms with Crippen LogP contribution in [-0.2, 0) is 9.53 Å². The lowest BCUT2D eigenvalue weighted by Gasteiger charge is -2.26. The molecule has 0 aromatic rings. The Bertz CT molecular complexity index is 165. The van der Waals surface area contributed by atoms with Crippen LogP contribution in [0.1, 0.15) is 48.0 Å². The minimum Gasteiger partial charge on any atom is -0.463 e. The van der Waals surface area contributed by atoms with Crippen LogP contribution in [-0.4, -0.2) is 12.1 Å². The van der Waals surface area contributed by atoms with E-state index in [1.807, 2.05) is 13.8 Å². The van der Waals surface area contributed by atoms with E-state index >= 15 is 0 Å². The van der Waals surface area contributed by atoms with E-state index in [0.717, 1.165) is 0 Å². The fourth-order valence-corrected chi connectivity index (χ4v) is 0.867. The summed E-state index contributed by atoms with van der Waals surface area (Å²) in [5.41, 5.74) is 0.177. The van der Waals surface area contributed by atoms with E-state index in [1.54, 1.807) is 0 Å². The van der Waals surface area contributed by atoms with E-state index in [0.29, 0.717) is 12.3 Å². The molecule has 13 heavy (non-hydrogen) atoms. The van der Waals surface area contributed by atoms with Crippen molar-refractivity contribution >= 4 is 5.97 Å². The maximum absolute atomic E-state index is 11.3. The molecule has 0 aliphatic heterocycles. The van der Waals surface area contributed by atoms with Crippen LogP contribution < -0.4 is 0 Å². The molecule has 0 radical (unpaired) electrons. The van der Waals surface area contributed by atoms with Crippen molar-refractivity contribution in [1.82, 2.24) is 0 Å². The fourth-order valence-electron chi connectivity index (χ4n) is 0.867. The normalized spacial score (nSPS) is 14.4. The second-order valence-electron chi connectivity index (χ2n) is 5.01. The summed E-state index contributed by atoms with van der Waals surface area (Å²) in [7, 11) is 0. The van der Waals surface area contributed by atoms with Crippen molar-refractivity contribution in [2.24, 2.45) is 11.3 Å². The quantitative estimate of drug-likeness (QED) is 0.633. The highest BCUT2D eigenvalue weighted by Gasteiger charge is 2.23. The van der Waals surface area contributed by atoms with Crippen LogP contribution in [0.25, 0.3) is 0 Å². The summed E-state index contributed by atoms with van der Waals surface area (Å²) in [4.78, 5) is 11.3. The predicted octanol–water partition coefficient (Wildman–Crippen LogP) is 3.01. The van der Waals surface area contributed by atoms with Crippen molar-refractivity contribution in [3.8, 4) is 0 Å². The number of carbonyl (C=O) groups excluding carboxylic acids is 1. The van der Waals surface area contributed by atoms with Gasteiger partial charge in [-0.15, -0.1) is 0 Å². The van der Waals surface area contributed by atoms with Crippen molar-refractivity contribution < 1.29 is 9.53 Å². The second-order valence-corrected chi connectivity index (χ2v) is 5.01. The van der Waals surface area contributed by atoms with Crippen LogP contribution in [0.2, 0.25) is 0 Å². The van der Waals surface area contributed by atoms with Gasteiger partial charge in [0, 0.05) is 6.42 Å². The molecular weight excluding hydrogens is 164 g/mol. The van der Waals surface area contributed by atoms with Gasteiger partial charge in [0.15, 0.2) is 0 Å². The summed E-state index contributed by atoms with van der Waals surface area (Å²) < 4.78 is 5.08. The molecule has 0 rings (SSSR count). The molecule has 78 valence electrons. The van der Waals surface area contributed by atoms with E-state index in [4.69, 9.17) is 4.74 Å². The molecule has 0 fully saturated rings. The minimum atomic E-state index is -0.0857. The van der Waals surface area contributed by atoms with E-state index in [1.165, 1.54) is 0 Å². The van der Waals surface area contributed by atoms with Crippen molar-refractivity contribution in [2.75, 3.05) is 0 Å². The summed E-state index contributed by atoms with van der Waals surface area (Å²) in [6.07, 6.45) is 0.515. The summed E-state index contributed by atoms with van der Waals surface area (Å²) in [5, 5.41) is 0. The van der Waals surface area contributed by atoms with Gasteiger partial charge in [-0.1, -0.05) is 27.7 Å². The lowest BCUT2D eigenvalue weighted by Crippen LogP contribution is -2.23. The summed E-state index contributed by atoms with van der Waals surface area (Å²) in [6, 6.07) is 0. The number of esters is 1. The van der Waals surface area contributed by atoms with E-state index < -0.39 is 0 Å². The maximum Gasteiger partial charge on any atom is 0.306 e. The maximum atomic E-state index is 11.3. The predicted molar refractivity (Wildman–Crippen MR) is 54.5 cm³/mol. The Morgan fingerprint density at radius 1 is 1.23 bits per heavy atom. The molecule has 0 amide bonds. The van der Waals surface area contributed by atoms with Gasteiger partial charge in [0.1, 0.15) is 0 Å². The SMILES string of the molecule is CC(C)OC(=O)CC(C)C(C)(C)C. The monoisotopic (exact) mass is 186 g/mol. The van der Waals surface area contributed by atoms with Crippen molar-refractivity contribution in [3.05, 3.63) is 0 Å². The van der Waals surface area contributed by atoms with Gasteiger partial charge in [-0.3, -0.25) is 4.79 Å². The molecule has 0 aliphatic rings. The third kappa shape index (κ3) is 5.67. The van der Waals surface area contributed by atoms with Gasteiger partial charge in [-0.2, -0.15) is 0 Å². The van der Waals surface area contributed by atoms with Gasteiger partial charge in [0.05, 0.1) is 6.10 Å². The Morgan fingerprint density at radius 3 is 2.00 bits per heavy atom. The molecule has 0 saturated heterocycles. The van der Waals surface area contributed by atoms with Gasteiger partial charge < -0.3 is 4.74 Å². The van der Waals surface area contributed by atoms with Crippen molar-refractivity contribution in [1.29, 1.82) is 0 Å². The highest BCUT2D eigenvalue weighted by molar-refractivity contribution is 5.69. The van der Waals surface area contributed by atoms with E-state index in [2.05, 4.69) is 27.7 Å². The average molecular weight is 186 g/mol. The summed E-state index contributed by atoms with van der Waals surface area (Å²) >= 11 is 0. The van der Waals surface area contributed by atoms with Crippen LogP contribution in [0, 0.1) is 11.3 Å². The molecule has 1 unspecified atom stereocenters. The number of ether oxygens (including phenoxy) is 1. The number of hydrogen-bond donors (Lipinski definition) is 0. The lowest BCUT2D eigenvalue weighted by molar-refractivity contribution is -0.149. The number of hydrogen-bond acceptors (Lipinski definition) is 2. The van der Waals surface area contributed by atoms with E-state index in [-0.39, 0.29) is 17.5 Å². The van der Waals surface area contributed by atoms with Gasteiger partial charge in [-0.25, -0.2) is 0 Å². The van der Waals surface area contributed by atoms with Crippen molar-refractivity contribution in [2.45, 2.75) is 54.1 Å². The zero-order valence-corrected chi connectivity index (χ0v) is 9.68. The largest absolute Gasteiger partial charge is 0.463 e. The summed E-state index contributed by atoms with van der Waals surface area (Å²) in [5.74, 6) is 0.274. The Morgan fingerprint density at radius 2 is 1.69 bits per heavy atom. The molecule has 0 spiro atoms. The Labute approximate surface area is 81.7 Å². The Hall–Kier alpha value is -0.530. The first-order valence-electron chi connectivity index (χ1n) is 4.93. The zero-order valence-electron chi connectivity index (χ0n) is 9.68. The minimum absolute atomic E-state index is 0.000307. The number of rotatable bonds is 3. The van der Waals surface area contributed by atoms with Gasteiger partial charge >= 0.3 is 5.97 Å². The lowest BCUT2D eigenvalue weighted by atomic mass is 9.80. The first-order chi connectivity index (χ1) is 5.73. The van der Waals surface area contributed by atoms with Gasteiger partial charge in [0.25, 0.3) is 0 Å². The van der Waals surface area contributed by atoms with Crippen LogP contribution in [0.5, 0.6) is 0 Å². The summed E-state index contributed by atoms with van der Waals surface area (Å²) in [6.45, 7) is 12.3. The Kier molecular flexibility index (Phi) is 4.45. The molecule has 2 nitrogen and oxygen atoms in total. The molecular formula is C11H22O2. The zero-order chi connectivity index (χ0) is 10.6. The van der Waals surface area contributed by atoms with Gasteiger partial charge in [-0.05, 0) is 25.2 Å². The smallest absolute Gasteiger partial charge is 0.306 e. The van der Waals surface area contributed by atoms with Crippen molar-refractivity contribution in [3.63, 3.8) is 0 Å². The third-order valence-electron chi connectivity index (χ3n) is 2.32. The average Bonchev–Trinajstić information content (AvgIpc) is 1.82. The molecule has 0 N–H and O–H groups in total. The highest BCUT2D eigenvalue weighted by atomic mass is 16.5. The molecule has 2 heteroatoms. The van der Waals surface area contributed by atoms with Gasteiger partial charge in [0.2, 0.25) is 0 Å². The van der Waals surface area contributed by atoms with Crippen LogP contribution in [0.15, 0.2) is 0 Å². The highest BCUT2D eigenvalue weighted by Crippen LogP contribution is 2.28. The molecule has 0 heterocycles. The molecule has 0 bridgehead atoms. The molecule has 0 saturated carbocycles. The molecule has 1 atom stereocenters. The second kappa shape index (κ2) is 4.64. The molecule has 0 aromatic heterocycles.